The van der Waals surface area contributed by atoms with Crippen LogP contribution in [0.1, 0.15) is 52.0 Å². The van der Waals surface area contributed by atoms with Gasteiger partial charge in [0.05, 0.1) is 11.7 Å². The van der Waals surface area contributed by atoms with E-state index >= 15 is 0 Å². The molecular weight excluding hydrogens is 332 g/mol. The number of rotatable bonds is 5. The lowest BCUT2D eigenvalue weighted by Crippen LogP contribution is -2.65. The second-order valence-electron chi connectivity index (χ2n) is 8.88. The van der Waals surface area contributed by atoms with Crippen molar-refractivity contribution in [3.8, 4) is 0 Å². The van der Waals surface area contributed by atoms with E-state index in [1.54, 1.807) is 0 Å². The molecule has 1 saturated heterocycles. The SMILES string of the molecule is CC1(C)[C@@H]2C[C@H]3OB(C(N)CCCc4ccccc4)O[C@@]3(C)[C@H]1C2.Cl. The highest BCUT2D eigenvalue weighted by Gasteiger charge is 2.68. The summed E-state index contributed by atoms with van der Waals surface area (Å²) in [5.41, 5.74) is 8.06. The number of aryl methyl sites for hydroxylation is 1. The Morgan fingerprint density at radius 3 is 2.60 bits per heavy atom. The maximum Gasteiger partial charge on any atom is 0.475 e. The molecule has 1 aromatic rings. The van der Waals surface area contributed by atoms with Crippen molar-refractivity contribution in [2.45, 2.75) is 70.5 Å². The van der Waals surface area contributed by atoms with Gasteiger partial charge >= 0.3 is 7.12 Å². The Hall–Kier alpha value is -0.545. The molecule has 1 unspecified atom stereocenters. The van der Waals surface area contributed by atoms with E-state index in [1.807, 2.05) is 0 Å². The van der Waals surface area contributed by atoms with Crippen LogP contribution in [0, 0.1) is 17.3 Å². The first-order valence-corrected chi connectivity index (χ1v) is 9.54. The topological polar surface area (TPSA) is 44.5 Å². The molecule has 4 aliphatic rings. The van der Waals surface area contributed by atoms with Crippen molar-refractivity contribution in [2.24, 2.45) is 23.0 Å². The van der Waals surface area contributed by atoms with Gasteiger partial charge in [0, 0.05) is 5.94 Å². The summed E-state index contributed by atoms with van der Waals surface area (Å²) < 4.78 is 12.7. The molecule has 1 aliphatic heterocycles. The van der Waals surface area contributed by atoms with Gasteiger partial charge < -0.3 is 15.0 Å². The number of nitrogens with two attached hydrogens (primary N) is 1. The summed E-state index contributed by atoms with van der Waals surface area (Å²) in [4.78, 5) is 0. The summed E-state index contributed by atoms with van der Waals surface area (Å²) in [7, 11) is -0.231. The minimum atomic E-state index is -0.231. The van der Waals surface area contributed by atoms with Crippen molar-refractivity contribution in [2.75, 3.05) is 0 Å². The van der Waals surface area contributed by atoms with E-state index < -0.39 is 0 Å². The summed E-state index contributed by atoms with van der Waals surface area (Å²) in [6, 6.07) is 10.6. The minimum Gasteiger partial charge on any atom is -0.404 e. The van der Waals surface area contributed by atoms with Gasteiger partial charge in [0.15, 0.2) is 0 Å². The number of hydrogen-bond donors (Lipinski definition) is 1. The molecular formula is C20H31BClNO2. The third kappa shape index (κ3) is 3.16. The Labute approximate surface area is 158 Å². The number of halogens is 1. The third-order valence-electron chi connectivity index (χ3n) is 7.16. The lowest BCUT2D eigenvalue weighted by molar-refractivity contribution is -0.199. The molecule has 5 atom stereocenters. The maximum atomic E-state index is 6.46. The standard InChI is InChI=1S/C20H30BNO2.ClH/c1-19(2)15-12-16(19)20(3)17(13-15)23-21(24-20)18(22)11-7-10-14-8-5-4-6-9-14;/h4-6,8-9,15-18H,7,10-13,22H2,1-3H3;1H/t15-,16-,17+,18?,20-;/m0./s1. The summed E-state index contributed by atoms with van der Waals surface area (Å²) in [6.45, 7) is 7.05. The zero-order chi connectivity index (χ0) is 16.9. The molecule has 25 heavy (non-hydrogen) atoms. The van der Waals surface area contributed by atoms with Gasteiger partial charge in [-0.2, -0.15) is 0 Å². The first kappa shape index (κ1) is 19.2. The van der Waals surface area contributed by atoms with Crippen molar-refractivity contribution < 1.29 is 9.31 Å². The molecule has 3 aliphatic carbocycles. The van der Waals surface area contributed by atoms with Crippen molar-refractivity contribution in [1.82, 2.24) is 0 Å². The lowest BCUT2D eigenvalue weighted by atomic mass is 9.43. The average Bonchev–Trinajstić information content (AvgIpc) is 2.92. The van der Waals surface area contributed by atoms with E-state index in [0.29, 0.717) is 11.3 Å². The van der Waals surface area contributed by atoms with E-state index in [-0.39, 0.29) is 37.2 Å². The summed E-state index contributed by atoms with van der Waals surface area (Å²) in [5.74, 6) is 1.36. The third-order valence-corrected chi connectivity index (χ3v) is 7.16. The normalized spacial score (nSPS) is 36.2. The molecule has 1 heterocycles. The van der Waals surface area contributed by atoms with Crippen LogP contribution in [0.15, 0.2) is 30.3 Å². The predicted octanol–water partition coefficient (Wildman–Crippen LogP) is 4.03. The van der Waals surface area contributed by atoms with Gasteiger partial charge in [-0.3, -0.25) is 0 Å². The molecule has 2 N–H and O–H groups in total. The molecule has 0 amide bonds. The van der Waals surface area contributed by atoms with Gasteiger partial charge in [0.25, 0.3) is 0 Å². The van der Waals surface area contributed by atoms with Crippen molar-refractivity contribution in [3.05, 3.63) is 35.9 Å². The van der Waals surface area contributed by atoms with Crippen LogP contribution < -0.4 is 5.73 Å². The second-order valence-corrected chi connectivity index (χ2v) is 8.88. The summed E-state index contributed by atoms with van der Waals surface area (Å²) in [6.07, 6.45) is 5.75. The lowest BCUT2D eigenvalue weighted by Gasteiger charge is -2.64. The Morgan fingerprint density at radius 1 is 1.20 bits per heavy atom. The minimum absolute atomic E-state index is 0. The van der Waals surface area contributed by atoms with Gasteiger partial charge in [-0.25, -0.2) is 0 Å². The quantitative estimate of drug-likeness (QED) is 0.803. The number of benzene rings is 1. The first-order valence-electron chi connectivity index (χ1n) is 9.54. The molecule has 0 aromatic heterocycles. The van der Waals surface area contributed by atoms with E-state index in [2.05, 4.69) is 51.1 Å². The highest BCUT2D eigenvalue weighted by Crippen LogP contribution is 2.65. The fraction of sp³-hybridized carbons (Fsp3) is 0.700. The van der Waals surface area contributed by atoms with Crippen LogP contribution in [0.5, 0.6) is 0 Å². The molecule has 3 nitrogen and oxygen atoms in total. The van der Waals surface area contributed by atoms with E-state index in [4.69, 9.17) is 15.0 Å². The predicted molar refractivity (Wildman–Crippen MR) is 105 cm³/mol. The van der Waals surface area contributed by atoms with Gasteiger partial charge in [-0.05, 0) is 61.8 Å². The van der Waals surface area contributed by atoms with Gasteiger partial charge in [0.1, 0.15) is 0 Å². The zero-order valence-corrected chi connectivity index (χ0v) is 16.4. The fourth-order valence-electron chi connectivity index (χ4n) is 5.41. The molecule has 0 spiro atoms. The first-order chi connectivity index (χ1) is 11.4. The van der Waals surface area contributed by atoms with Crippen LogP contribution in [-0.2, 0) is 15.7 Å². The van der Waals surface area contributed by atoms with Gasteiger partial charge in [-0.15, -0.1) is 12.4 Å². The van der Waals surface area contributed by atoms with Crippen LogP contribution >= 0.6 is 12.4 Å². The van der Waals surface area contributed by atoms with Crippen molar-refractivity contribution in [3.63, 3.8) is 0 Å². The van der Waals surface area contributed by atoms with Crippen LogP contribution in [0.25, 0.3) is 0 Å². The van der Waals surface area contributed by atoms with Gasteiger partial charge in [0.2, 0.25) is 0 Å². The molecule has 5 heteroatoms. The van der Waals surface area contributed by atoms with Crippen molar-refractivity contribution in [1.29, 1.82) is 0 Å². The largest absolute Gasteiger partial charge is 0.475 e. The van der Waals surface area contributed by atoms with E-state index in [0.717, 1.165) is 31.6 Å². The second kappa shape index (κ2) is 6.88. The molecule has 5 rings (SSSR count). The Bertz CT molecular complexity index is 599. The molecule has 138 valence electrons. The van der Waals surface area contributed by atoms with E-state index in [9.17, 15) is 0 Å². The summed E-state index contributed by atoms with van der Waals surface area (Å²) >= 11 is 0. The van der Waals surface area contributed by atoms with Crippen LogP contribution in [0.2, 0.25) is 0 Å². The molecule has 0 radical (unpaired) electrons. The van der Waals surface area contributed by atoms with E-state index in [1.165, 1.54) is 12.0 Å². The Kier molecular flexibility index (Phi) is 5.29. The van der Waals surface area contributed by atoms with Crippen molar-refractivity contribution >= 4 is 19.5 Å². The maximum absolute atomic E-state index is 6.46. The average molecular weight is 364 g/mol. The molecule has 3 saturated carbocycles. The Balaban J connectivity index is 0.00000182. The highest BCUT2D eigenvalue weighted by atomic mass is 35.5. The fourth-order valence-corrected chi connectivity index (χ4v) is 5.41. The monoisotopic (exact) mass is 363 g/mol. The molecule has 2 bridgehead atoms. The van der Waals surface area contributed by atoms with Crippen LogP contribution in [-0.4, -0.2) is 24.8 Å². The van der Waals surface area contributed by atoms with Gasteiger partial charge in [-0.1, -0.05) is 44.2 Å². The number of hydrogen-bond acceptors (Lipinski definition) is 3. The van der Waals surface area contributed by atoms with Crippen LogP contribution in [0.4, 0.5) is 0 Å². The van der Waals surface area contributed by atoms with Crippen LogP contribution in [0.3, 0.4) is 0 Å². The highest BCUT2D eigenvalue weighted by molar-refractivity contribution is 6.47. The smallest absolute Gasteiger partial charge is 0.404 e. The molecule has 1 aromatic carbocycles. The summed E-state index contributed by atoms with van der Waals surface area (Å²) in [5, 5.41) is 0. The zero-order valence-electron chi connectivity index (χ0n) is 15.6. The molecule has 4 fully saturated rings. The Morgan fingerprint density at radius 2 is 1.92 bits per heavy atom.